The SMILES string of the molecule is CC.Cc1cc(Oc2ncccc2C)ccc1-c1c(C)n[nH]c(=O)c1C. The first-order chi connectivity index (χ1) is 12.5. The Labute approximate surface area is 154 Å². The summed E-state index contributed by atoms with van der Waals surface area (Å²) in [5, 5.41) is 6.59. The normalized spacial score (nSPS) is 10.1. The molecule has 0 atom stereocenters. The van der Waals surface area contributed by atoms with Crippen LogP contribution in [0.2, 0.25) is 0 Å². The molecule has 0 aliphatic carbocycles. The number of aromatic nitrogens is 3. The maximum atomic E-state index is 11.9. The molecular formula is C21H25N3O2. The van der Waals surface area contributed by atoms with Gasteiger partial charge >= 0.3 is 0 Å². The van der Waals surface area contributed by atoms with E-state index in [1.54, 1.807) is 6.20 Å². The zero-order valence-corrected chi connectivity index (χ0v) is 16.2. The third-order valence-electron chi connectivity index (χ3n) is 4.05. The van der Waals surface area contributed by atoms with Crippen LogP contribution in [0, 0.1) is 27.7 Å². The summed E-state index contributed by atoms with van der Waals surface area (Å²) in [6.07, 6.45) is 1.71. The Balaban J connectivity index is 0.00000117. The minimum atomic E-state index is -0.167. The van der Waals surface area contributed by atoms with Gasteiger partial charge in [-0.05, 0) is 57.0 Å². The molecule has 0 aliphatic heterocycles. The summed E-state index contributed by atoms with van der Waals surface area (Å²) >= 11 is 0. The second-order valence-corrected chi connectivity index (χ2v) is 5.84. The van der Waals surface area contributed by atoms with Gasteiger partial charge in [-0.15, -0.1) is 0 Å². The summed E-state index contributed by atoms with van der Waals surface area (Å²) < 4.78 is 5.87. The first-order valence-corrected chi connectivity index (χ1v) is 8.73. The van der Waals surface area contributed by atoms with E-state index in [4.69, 9.17) is 4.74 Å². The molecule has 3 rings (SSSR count). The average Bonchev–Trinajstić information content (AvgIpc) is 2.64. The van der Waals surface area contributed by atoms with E-state index in [1.807, 2.05) is 71.9 Å². The highest BCUT2D eigenvalue weighted by Gasteiger charge is 2.13. The van der Waals surface area contributed by atoms with Gasteiger partial charge in [0, 0.05) is 22.9 Å². The van der Waals surface area contributed by atoms with Gasteiger partial charge in [0.2, 0.25) is 5.88 Å². The van der Waals surface area contributed by atoms with Crippen molar-refractivity contribution in [3.05, 3.63) is 69.3 Å². The molecule has 26 heavy (non-hydrogen) atoms. The largest absolute Gasteiger partial charge is 0.439 e. The second-order valence-electron chi connectivity index (χ2n) is 5.84. The van der Waals surface area contributed by atoms with Gasteiger partial charge in [0.05, 0.1) is 5.69 Å². The monoisotopic (exact) mass is 351 g/mol. The lowest BCUT2D eigenvalue weighted by atomic mass is 9.96. The van der Waals surface area contributed by atoms with Crippen LogP contribution < -0.4 is 10.3 Å². The number of benzene rings is 1. The molecule has 5 heteroatoms. The van der Waals surface area contributed by atoms with E-state index in [0.717, 1.165) is 27.9 Å². The maximum absolute atomic E-state index is 11.9. The molecular weight excluding hydrogens is 326 g/mol. The number of ether oxygens (including phenoxy) is 1. The van der Waals surface area contributed by atoms with Gasteiger partial charge in [-0.1, -0.05) is 26.0 Å². The lowest BCUT2D eigenvalue weighted by molar-refractivity contribution is 0.458. The summed E-state index contributed by atoms with van der Waals surface area (Å²) in [6, 6.07) is 9.62. The van der Waals surface area contributed by atoms with E-state index >= 15 is 0 Å². The predicted molar refractivity (Wildman–Crippen MR) is 105 cm³/mol. The number of pyridine rings is 1. The number of rotatable bonds is 3. The molecule has 0 fully saturated rings. The van der Waals surface area contributed by atoms with Crippen molar-refractivity contribution in [2.45, 2.75) is 41.5 Å². The summed E-state index contributed by atoms with van der Waals surface area (Å²) in [7, 11) is 0. The Morgan fingerprint density at radius 3 is 2.38 bits per heavy atom. The topological polar surface area (TPSA) is 67.9 Å². The van der Waals surface area contributed by atoms with Crippen LogP contribution in [0.5, 0.6) is 11.6 Å². The zero-order chi connectivity index (χ0) is 19.3. The van der Waals surface area contributed by atoms with E-state index in [-0.39, 0.29) is 5.56 Å². The fraction of sp³-hybridized carbons (Fsp3) is 0.286. The lowest BCUT2D eigenvalue weighted by Crippen LogP contribution is -2.14. The van der Waals surface area contributed by atoms with E-state index in [2.05, 4.69) is 15.2 Å². The van der Waals surface area contributed by atoms with Crippen molar-refractivity contribution in [2.24, 2.45) is 0 Å². The fourth-order valence-corrected chi connectivity index (χ4v) is 2.73. The van der Waals surface area contributed by atoms with Crippen molar-refractivity contribution in [3.63, 3.8) is 0 Å². The maximum Gasteiger partial charge on any atom is 0.267 e. The zero-order valence-electron chi connectivity index (χ0n) is 16.2. The van der Waals surface area contributed by atoms with Gasteiger partial charge < -0.3 is 4.74 Å². The summed E-state index contributed by atoms with van der Waals surface area (Å²) in [5.74, 6) is 1.31. The third-order valence-corrected chi connectivity index (χ3v) is 4.05. The molecule has 0 radical (unpaired) electrons. The van der Waals surface area contributed by atoms with Gasteiger partial charge in [-0.3, -0.25) is 4.79 Å². The van der Waals surface area contributed by atoms with Gasteiger partial charge in [0.1, 0.15) is 5.75 Å². The van der Waals surface area contributed by atoms with E-state index in [0.29, 0.717) is 17.2 Å². The lowest BCUT2D eigenvalue weighted by Gasteiger charge is -2.13. The number of aryl methyl sites for hydroxylation is 3. The first kappa shape index (κ1) is 19.4. The van der Waals surface area contributed by atoms with Gasteiger partial charge in [-0.2, -0.15) is 5.10 Å². The predicted octanol–water partition coefficient (Wildman–Crippen LogP) is 4.88. The number of nitrogens with zero attached hydrogens (tertiary/aromatic N) is 2. The first-order valence-electron chi connectivity index (χ1n) is 8.73. The van der Waals surface area contributed by atoms with Crippen LogP contribution in [-0.4, -0.2) is 15.2 Å². The molecule has 0 spiro atoms. The van der Waals surface area contributed by atoms with Crippen molar-refractivity contribution < 1.29 is 4.74 Å². The van der Waals surface area contributed by atoms with Crippen LogP contribution in [0.4, 0.5) is 0 Å². The Morgan fingerprint density at radius 1 is 1.00 bits per heavy atom. The van der Waals surface area contributed by atoms with E-state index in [1.165, 1.54) is 0 Å². The van der Waals surface area contributed by atoms with E-state index in [9.17, 15) is 4.79 Å². The van der Waals surface area contributed by atoms with Crippen LogP contribution in [0.25, 0.3) is 11.1 Å². The molecule has 0 saturated heterocycles. The molecule has 1 aromatic carbocycles. The van der Waals surface area contributed by atoms with Crippen LogP contribution in [0.1, 0.15) is 36.2 Å². The molecule has 1 N–H and O–H groups in total. The van der Waals surface area contributed by atoms with Crippen molar-refractivity contribution in [2.75, 3.05) is 0 Å². The third kappa shape index (κ3) is 3.99. The fourth-order valence-electron chi connectivity index (χ4n) is 2.73. The Hall–Kier alpha value is -2.95. The standard InChI is InChI=1S/C19H19N3O2.C2H6/c1-11-6-5-9-20-19(11)24-15-7-8-16(12(2)10-15)17-13(3)18(23)22-21-14(17)4;1-2/h5-10H,1-4H3,(H,22,23);1-2H3. The minimum Gasteiger partial charge on any atom is -0.439 e. The smallest absolute Gasteiger partial charge is 0.267 e. The number of nitrogens with one attached hydrogen (secondary N) is 1. The molecule has 0 unspecified atom stereocenters. The van der Waals surface area contributed by atoms with Crippen LogP contribution in [0.15, 0.2) is 41.3 Å². The second kappa shape index (κ2) is 8.43. The summed E-state index contributed by atoms with van der Waals surface area (Å²) in [6.45, 7) is 11.6. The number of hydrogen-bond acceptors (Lipinski definition) is 4. The molecule has 0 saturated carbocycles. The highest BCUT2D eigenvalue weighted by atomic mass is 16.5. The Bertz CT molecular complexity index is 962. The Morgan fingerprint density at radius 2 is 1.73 bits per heavy atom. The van der Waals surface area contributed by atoms with Crippen LogP contribution in [0.3, 0.4) is 0 Å². The van der Waals surface area contributed by atoms with Crippen LogP contribution >= 0.6 is 0 Å². The number of hydrogen-bond donors (Lipinski definition) is 1. The van der Waals surface area contributed by atoms with Crippen molar-refractivity contribution >= 4 is 0 Å². The average molecular weight is 351 g/mol. The van der Waals surface area contributed by atoms with Gasteiger partial charge in [0.25, 0.3) is 5.56 Å². The molecule has 0 amide bonds. The van der Waals surface area contributed by atoms with E-state index < -0.39 is 0 Å². The number of H-pyrrole nitrogens is 1. The quantitative estimate of drug-likeness (QED) is 0.730. The Kier molecular flexibility index (Phi) is 6.28. The van der Waals surface area contributed by atoms with Gasteiger partial charge in [0.15, 0.2) is 0 Å². The molecule has 0 bridgehead atoms. The molecule has 5 nitrogen and oxygen atoms in total. The highest BCUT2D eigenvalue weighted by Crippen LogP contribution is 2.31. The highest BCUT2D eigenvalue weighted by molar-refractivity contribution is 5.72. The van der Waals surface area contributed by atoms with Crippen molar-refractivity contribution in [3.8, 4) is 22.8 Å². The molecule has 2 aromatic heterocycles. The molecule has 0 aliphatic rings. The van der Waals surface area contributed by atoms with Crippen molar-refractivity contribution in [1.29, 1.82) is 0 Å². The molecule has 2 heterocycles. The van der Waals surface area contributed by atoms with Gasteiger partial charge in [-0.25, -0.2) is 10.1 Å². The minimum absolute atomic E-state index is 0.167. The molecule has 3 aromatic rings. The van der Waals surface area contributed by atoms with Crippen LogP contribution in [-0.2, 0) is 0 Å². The summed E-state index contributed by atoms with van der Waals surface area (Å²) in [5.41, 5.74) is 5.14. The summed E-state index contributed by atoms with van der Waals surface area (Å²) in [4.78, 5) is 16.1. The molecule has 136 valence electrons. The van der Waals surface area contributed by atoms with Crippen molar-refractivity contribution in [1.82, 2.24) is 15.2 Å². The number of aromatic amines is 1.